The van der Waals surface area contributed by atoms with Crippen molar-refractivity contribution in [3.63, 3.8) is 0 Å². The molecule has 2 aliphatic heterocycles. The second-order valence-corrected chi connectivity index (χ2v) is 17.9. The zero-order chi connectivity index (χ0) is 40.6. The molecule has 11 rings (SSSR count). The zero-order valence-corrected chi connectivity index (χ0v) is 34.9. The second kappa shape index (κ2) is 14.1. The summed E-state index contributed by atoms with van der Waals surface area (Å²) in [6.07, 6.45) is 19.6. The van der Waals surface area contributed by atoms with Crippen LogP contribution in [0.25, 0.3) is 39.4 Å². The van der Waals surface area contributed by atoms with Crippen LogP contribution < -0.4 is 4.90 Å². The van der Waals surface area contributed by atoms with E-state index in [-0.39, 0.29) is 22.9 Å². The molecule has 0 spiro atoms. The average Bonchev–Trinajstić information content (AvgIpc) is 3.75. The monoisotopic (exact) mass is 778 g/mol. The van der Waals surface area contributed by atoms with Gasteiger partial charge in [-0.2, -0.15) is 0 Å². The second-order valence-electron chi connectivity index (χ2n) is 17.9. The highest BCUT2D eigenvalue weighted by molar-refractivity contribution is 6.11. The standard InChI is InChI=1S/C56H50N4/c1-37-26-27-41(33-47(37)39-16-7-5-8-17-39)40-18-15-19-42(32-40)49-36-57-54(58-38(49)2)60-53-25-14-12-23-46(53)50-34-43(28-31-56(50,60)4)55(3)30-29-52-48(35-55)45-22-11-13-24-51(45)59(52)44-20-9-6-10-21-44/h5-25,27-30,32-34,36-38,49H,26,31,35H2,1-4H3. The van der Waals surface area contributed by atoms with Crippen molar-refractivity contribution in [2.75, 3.05) is 4.90 Å². The fraction of sp³-hybridized carbons (Fsp3) is 0.214. The number of guanidine groups is 1. The zero-order valence-electron chi connectivity index (χ0n) is 34.9. The summed E-state index contributed by atoms with van der Waals surface area (Å²) in [5.41, 5.74) is 16.4. The summed E-state index contributed by atoms with van der Waals surface area (Å²) >= 11 is 0. The van der Waals surface area contributed by atoms with Gasteiger partial charge in [0, 0.05) is 39.9 Å². The van der Waals surface area contributed by atoms with Gasteiger partial charge in [0.15, 0.2) is 0 Å². The Kier molecular flexibility index (Phi) is 8.56. The quantitative estimate of drug-likeness (QED) is 0.172. The maximum atomic E-state index is 5.42. The molecule has 3 heterocycles. The molecule has 60 heavy (non-hydrogen) atoms. The van der Waals surface area contributed by atoms with E-state index in [1.165, 1.54) is 78.1 Å². The Bertz CT molecular complexity index is 2920. The SMILES string of the molecule is CC1CC=C(c2cccc(C3C=NC(N4c5ccccc5C5=CC(C6(C)C=Cc7c(c8ccccc8n7-c7ccccc7)C6)=CCC54C)=NC3C)c2)C=C1c1ccccc1. The summed E-state index contributed by atoms with van der Waals surface area (Å²) in [6, 6.07) is 48.4. The Balaban J connectivity index is 0.888. The van der Waals surface area contributed by atoms with Crippen molar-refractivity contribution in [1.29, 1.82) is 0 Å². The maximum Gasteiger partial charge on any atom is 0.225 e. The molecule has 0 N–H and O–H groups in total. The summed E-state index contributed by atoms with van der Waals surface area (Å²) < 4.78 is 2.43. The first-order chi connectivity index (χ1) is 29.3. The van der Waals surface area contributed by atoms with Crippen LogP contribution in [-0.2, 0) is 6.42 Å². The van der Waals surface area contributed by atoms with Gasteiger partial charge in [0.25, 0.3) is 0 Å². The van der Waals surface area contributed by atoms with Gasteiger partial charge >= 0.3 is 0 Å². The normalized spacial score (nSPS) is 25.4. The molecule has 5 atom stereocenters. The van der Waals surface area contributed by atoms with Gasteiger partial charge in [-0.1, -0.05) is 153 Å². The molecule has 1 aromatic heterocycles. The fourth-order valence-electron chi connectivity index (χ4n) is 10.7. The number of anilines is 1. The predicted octanol–water partition coefficient (Wildman–Crippen LogP) is 13.3. The Morgan fingerprint density at radius 3 is 2.32 bits per heavy atom. The van der Waals surface area contributed by atoms with E-state index in [1.54, 1.807) is 0 Å². The Hall–Kier alpha value is -6.52. The summed E-state index contributed by atoms with van der Waals surface area (Å²) in [4.78, 5) is 13.1. The van der Waals surface area contributed by atoms with Gasteiger partial charge in [-0.25, -0.2) is 9.98 Å². The van der Waals surface area contributed by atoms with Crippen molar-refractivity contribution < 1.29 is 0 Å². The molecule has 5 aliphatic rings. The van der Waals surface area contributed by atoms with Crippen molar-refractivity contribution in [3.8, 4) is 5.69 Å². The third-order valence-corrected chi connectivity index (χ3v) is 14.0. The van der Waals surface area contributed by atoms with Crippen LogP contribution in [0.1, 0.15) is 80.0 Å². The molecule has 5 aromatic carbocycles. The molecular weight excluding hydrogens is 729 g/mol. The van der Waals surface area contributed by atoms with Gasteiger partial charge in [0.2, 0.25) is 5.96 Å². The van der Waals surface area contributed by atoms with Gasteiger partial charge < -0.3 is 4.57 Å². The smallest absolute Gasteiger partial charge is 0.225 e. The average molecular weight is 779 g/mol. The molecule has 0 saturated heterocycles. The van der Waals surface area contributed by atoms with Crippen molar-refractivity contribution in [3.05, 3.63) is 203 Å². The molecule has 0 fully saturated rings. The van der Waals surface area contributed by atoms with Crippen molar-refractivity contribution in [2.45, 2.75) is 64.5 Å². The lowest BCUT2D eigenvalue weighted by Crippen LogP contribution is -2.48. The van der Waals surface area contributed by atoms with Crippen LogP contribution in [0.3, 0.4) is 0 Å². The number of allylic oxidation sites excluding steroid dienone is 7. The highest BCUT2D eigenvalue weighted by Gasteiger charge is 2.49. The molecule has 0 bridgehead atoms. The lowest BCUT2D eigenvalue weighted by molar-refractivity contribution is 0.506. The molecule has 4 heteroatoms. The molecule has 0 amide bonds. The predicted molar refractivity (Wildman–Crippen MR) is 253 cm³/mol. The number of aliphatic imine (C=N–C) groups is 2. The van der Waals surface area contributed by atoms with E-state index in [9.17, 15) is 0 Å². The van der Waals surface area contributed by atoms with E-state index in [0.717, 1.165) is 25.2 Å². The van der Waals surface area contributed by atoms with Crippen LogP contribution in [0.4, 0.5) is 5.69 Å². The number of fused-ring (bicyclic) bond motifs is 6. The summed E-state index contributed by atoms with van der Waals surface area (Å²) in [5.74, 6) is 1.38. The first kappa shape index (κ1) is 36.6. The van der Waals surface area contributed by atoms with Gasteiger partial charge in [0.1, 0.15) is 0 Å². The van der Waals surface area contributed by atoms with Crippen LogP contribution in [0.15, 0.2) is 179 Å². The van der Waals surface area contributed by atoms with Crippen molar-refractivity contribution in [2.24, 2.45) is 21.3 Å². The first-order valence-electron chi connectivity index (χ1n) is 21.7. The van der Waals surface area contributed by atoms with E-state index >= 15 is 0 Å². The number of rotatable bonds is 5. The molecule has 3 aliphatic carbocycles. The molecule has 0 radical (unpaired) electrons. The molecule has 4 nitrogen and oxygen atoms in total. The number of aromatic nitrogens is 1. The van der Waals surface area contributed by atoms with Crippen LogP contribution in [0.2, 0.25) is 0 Å². The lowest BCUT2D eigenvalue weighted by Gasteiger charge is -2.42. The lowest BCUT2D eigenvalue weighted by atomic mass is 9.69. The summed E-state index contributed by atoms with van der Waals surface area (Å²) in [5, 5.41) is 1.33. The van der Waals surface area contributed by atoms with Crippen molar-refractivity contribution >= 4 is 51.6 Å². The molecular formula is C56H50N4. The van der Waals surface area contributed by atoms with E-state index in [4.69, 9.17) is 9.98 Å². The Morgan fingerprint density at radius 2 is 1.48 bits per heavy atom. The van der Waals surface area contributed by atoms with Gasteiger partial charge in [-0.05, 0) is 114 Å². The third-order valence-electron chi connectivity index (χ3n) is 14.0. The van der Waals surface area contributed by atoms with Crippen molar-refractivity contribution in [1.82, 2.24) is 4.57 Å². The number of para-hydroxylation sites is 3. The number of nitrogens with zero attached hydrogens (tertiary/aromatic N) is 4. The number of hydrogen-bond donors (Lipinski definition) is 0. The van der Waals surface area contributed by atoms with E-state index in [0.29, 0.717) is 5.92 Å². The molecule has 5 unspecified atom stereocenters. The largest absolute Gasteiger partial charge is 0.310 e. The van der Waals surface area contributed by atoms with E-state index < -0.39 is 0 Å². The third kappa shape index (κ3) is 5.79. The minimum Gasteiger partial charge on any atom is -0.310 e. The van der Waals surface area contributed by atoms with Crippen LogP contribution in [0, 0.1) is 11.3 Å². The summed E-state index contributed by atoms with van der Waals surface area (Å²) in [7, 11) is 0. The molecule has 294 valence electrons. The van der Waals surface area contributed by atoms with Gasteiger partial charge in [-0.3, -0.25) is 4.90 Å². The van der Waals surface area contributed by atoms with Crippen LogP contribution in [0.5, 0.6) is 0 Å². The maximum absolute atomic E-state index is 5.42. The van der Waals surface area contributed by atoms with Gasteiger partial charge in [0.05, 0.1) is 22.8 Å². The minimum atomic E-state index is -0.313. The highest BCUT2D eigenvalue weighted by atomic mass is 15.3. The van der Waals surface area contributed by atoms with E-state index in [2.05, 4.69) is 213 Å². The number of benzene rings is 5. The number of hydrogen-bond acceptors (Lipinski definition) is 3. The van der Waals surface area contributed by atoms with Crippen LogP contribution >= 0.6 is 0 Å². The Labute approximate surface area is 354 Å². The first-order valence-corrected chi connectivity index (χ1v) is 21.7. The van der Waals surface area contributed by atoms with Gasteiger partial charge in [-0.15, -0.1) is 0 Å². The Morgan fingerprint density at radius 1 is 0.733 bits per heavy atom. The van der Waals surface area contributed by atoms with E-state index in [1.807, 2.05) is 0 Å². The highest BCUT2D eigenvalue weighted by Crippen LogP contribution is 2.55. The fourth-order valence-corrected chi connectivity index (χ4v) is 10.7. The van der Waals surface area contributed by atoms with Crippen LogP contribution in [-0.4, -0.2) is 28.3 Å². The minimum absolute atomic E-state index is 0.0283. The topological polar surface area (TPSA) is 32.9 Å². The molecule has 0 saturated carbocycles. The summed E-state index contributed by atoms with van der Waals surface area (Å²) in [6.45, 7) is 9.37. The molecule has 6 aromatic rings.